The van der Waals surface area contributed by atoms with E-state index in [1.807, 2.05) is 12.1 Å². The summed E-state index contributed by atoms with van der Waals surface area (Å²) in [6, 6.07) is 5.48. The lowest BCUT2D eigenvalue weighted by molar-refractivity contribution is 0.225. The van der Waals surface area contributed by atoms with Gasteiger partial charge in [0.05, 0.1) is 0 Å². The Balaban J connectivity index is 1.59. The highest BCUT2D eigenvalue weighted by Crippen LogP contribution is 2.09. The van der Waals surface area contributed by atoms with Gasteiger partial charge in [-0.1, -0.05) is 18.6 Å². The van der Waals surface area contributed by atoms with Crippen LogP contribution in [0.25, 0.3) is 0 Å². The first-order chi connectivity index (χ1) is 9.25. The maximum atomic E-state index is 13.4. The van der Waals surface area contributed by atoms with Crippen molar-refractivity contribution in [3.63, 3.8) is 0 Å². The molecule has 1 aliphatic rings. The lowest BCUT2D eigenvalue weighted by Gasteiger charge is -2.26. The van der Waals surface area contributed by atoms with Gasteiger partial charge >= 0.3 is 0 Å². The highest BCUT2D eigenvalue weighted by Gasteiger charge is 2.08. The third-order valence-electron chi connectivity index (χ3n) is 3.84. The molecule has 1 saturated heterocycles. The third kappa shape index (κ3) is 4.92. The Bertz CT molecular complexity index is 386. The maximum absolute atomic E-state index is 13.4. The van der Waals surface area contributed by atoms with E-state index in [4.69, 9.17) is 0 Å². The second kappa shape index (κ2) is 7.61. The first-order valence-electron chi connectivity index (χ1n) is 7.44. The lowest BCUT2D eigenvalue weighted by Crippen LogP contribution is -2.32. The molecule has 0 aliphatic carbocycles. The molecule has 0 radical (unpaired) electrons. The van der Waals surface area contributed by atoms with Gasteiger partial charge in [0, 0.05) is 6.54 Å². The first-order valence-corrected chi connectivity index (χ1v) is 7.44. The highest BCUT2D eigenvalue weighted by molar-refractivity contribution is 5.23. The molecule has 0 aromatic heterocycles. The standard InChI is InChI=1S/C16H25FN2/c1-14-6-7-15(12-16(14)17)13-18-8-5-11-19-9-3-2-4-10-19/h6-7,12,18H,2-5,8-11,13H2,1H3. The topological polar surface area (TPSA) is 15.3 Å². The van der Waals surface area contributed by atoms with Gasteiger partial charge in [0.2, 0.25) is 0 Å². The quantitative estimate of drug-likeness (QED) is 0.794. The molecule has 19 heavy (non-hydrogen) atoms. The highest BCUT2D eigenvalue weighted by atomic mass is 19.1. The van der Waals surface area contributed by atoms with Crippen molar-refractivity contribution in [2.45, 2.75) is 39.2 Å². The fourth-order valence-corrected chi connectivity index (χ4v) is 2.59. The molecule has 1 aromatic rings. The van der Waals surface area contributed by atoms with Crippen molar-refractivity contribution in [2.24, 2.45) is 0 Å². The summed E-state index contributed by atoms with van der Waals surface area (Å²) in [6.07, 6.45) is 5.29. The summed E-state index contributed by atoms with van der Waals surface area (Å²) >= 11 is 0. The van der Waals surface area contributed by atoms with E-state index < -0.39 is 0 Å². The molecule has 1 aliphatic heterocycles. The molecule has 2 rings (SSSR count). The summed E-state index contributed by atoms with van der Waals surface area (Å²) in [5.41, 5.74) is 1.75. The van der Waals surface area contributed by atoms with Gasteiger partial charge in [0.15, 0.2) is 0 Å². The number of rotatable bonds is 6. The average molecular weight is 264 g/mol. The number of likely N-dealkylation sites (tertiary alicyclic amines) is 1. The van der Waals surface area contributed by atoms with Crippen molar-refractivity contribution in [1.82, 2.24) is 10.2 Å². The number of piperidine rings is 1. The van der Waals surface area contributed by atoms with Crippen molar-refractivity contribution in [3.8, 4) is 0 Å². The van der Waals surface area contributed by atoms with Crippen molar-refractivity contribution >= 4 is 0 Å². The molecule has 0 unspecified atom stereocenters. The zero-order valence-corrected chi connectivity index (χ0v) is 11.9. The minimum atomic E-state index is -0.104. The Morgan fingerprint density at radius 1 is 1.21 bits per heavy atom. The van der Waals surface area contributed by atoms with Crippen LogP contribution in [-0.4, -0.2) is 31.1 Å². The van der Waals surface area contributed by atoms with E-state index in [0.29, 0.717) is 5.56 Å². The van der Waals surface area contributed by atoms with E-state index in [2.05, 4.69) is 10.2 Å². The predicted molar refractivity (Wildman–Crippen MR) is 77.8 cm³/mol. The molecule has 1 fully saturated rings. The van der Waals surface area contributed by atoms with Gasteiger partial charge in [-0.25, -0.2) is 4.39 Å². The van der Waals surface area contributed by atoms with Crippen molar-refractivity contribution in [3.05, 3.63) is 35.1 Å². The van der Waals surface area contributed by atoms with E-state index in [0.717, 1.165) is 18.7 Å². The smallest absolute Gasteiger partial charge is 0.126 e. The van der Waals surface area contributed by atoms with Crippen LogP contribution < -0.4 is 5.32 Å². The molecule has 1 N–H and O–H groups in total. The Morgan fingerprint density at radius 2 is 2.00 bits per heavy atom. The maximum Gasteiger partial charge on any atom is 0.126 e. The SMILES string of the molecule is Cc1ccc(CNCCCN2CCCCC2)cc1F. The molecular weight excluding hydrogens is 239 g/mol. The molecule has 106 valence electrons. The number of aryl methyl sites for hydroxylation is 1. The molecule has 0 saturated carbocycles. The van der Waals surface area contributed by atoms with E-state index >= 15 is 0 Å². The average Bonchev–Trinajstić information content (AvgIpc) is 2.43. The molecule has 1 aromatic carbocycles. The summed E-state index contributed by atoms with van der Waals surface area (Å²) in [5.74, 6) is -0.104. The molecule has 0 bridgehead atoms. The number of nitrogens with one attached hydrogen (secondary N) is 1. The minimum absolute atomic E-state index is 0.104. The van der Waals surface area contributed by atoms with Gasteiger partial charge in [0.1, 0.15) is 5.82 Å². The van der Waals surface area contributed by atoms with E-state index in [1.54, 1.807) is 13.0 Å². The number of hydrogen-bond donors (Lipinski definition) is 1. The first kappa shape index (κ1) is 14.5. The Kier molecular flexibility index (Phi) is 5.80. The summed E-state index contributed by atoms with van der Waals surface area (Å²) in [5, 5.41) is 3.39. The van der Waals surface area contributed by atoms with Crippen molar-refractivity contribution in [2.75, 3.05) is 26.2 Å². The fourth-order valence-electron chi connectivity index (χ4n) is 2.59. The molecule has 1 heterocycles. The number of benzene rings is 1. The van der Waals surface area contributed by atoms with E-state index in [-0.39, 0.29) is 5.82 Å². The van der Waals surface area contributed by atoms with Gasteiger partial charge in [-0.05, 0) is 69.6 Å². The van der Waals surface area contributed by atoms with Crippen LogP contribution in [0, 0.1) is 12.7 Å². The van der Waals surface area contributed by atoms with Crippen LogP contribution in [-0.2, 0) is 6.54 Å². The molecular formula is C16H25FN2. The van der Waals surface area contributed by atoms with Gasteiger partial charge in [-0.3, -0.25) is 0 Å². The molecule has 2 nitrogen and oxygen atoms in total. The Morgan fingerprint density at radius 3 is 2.74 bits per heavy atom. The molecule has 0 atom stereocenters. The fraction of sp³-hybridized carbons (Fsp3) is 0.625. The summed E-state index contributed by atoms with van der Waals surface area (Å²) in [4.78, 5) is 2.55. The van der Waals surface area contributed by atoms with Crippen molar-refractivity contribution < 1.29 is 4.39 Å². The second-order valence-corrected chi connectivity index (χ2v) is 5.52. The normalized spacial score (nSPS) is 16.7. The van der Waals surface area contributed by atoms with Crippen molar-refractivity contribution in [1.29, 1.82) is 0 Å². The van der Waals surface area contributed by atoms with Crippen LogP contribution in [0.1, 0.15) is 36.8 Å². The van der Waals surface area contributed by atoms with Crippen LogP contribution in [0.2, 0.25) is 0 Å². The molecule has 0 spiro atoms. The second-order valence-electron chi connectivity index (χ2n) is 5.52. The van der Waals surface area contributed by atoms with Crippen LogP contribution in [0.4, 0.5) is 4.39 Å². The van der Waals surface area contributed by atoms with Gasteiger partial charge < -0.3 is 10.2 Å². The van der Waals surface area contributed by atoms with E-state index in [1.165, 1.54) is 45.3 Å². The van der Waals surface area contributed by atoms with Gasteiger partial charge in [-0.2, -0.15) is 0 Å². The summed E-state index contributed by atoms with van der Waals surface area (Å²) in [7, 11) is 0. The zero-order chi connectivity index (χ0) is 13.5. The van der Waals surface area contributed by atoms with Crippen LogP contribution >= 0.6 is 0 Å². The van der Waals surface area contributed by atoms with Crippen LogP contribution in [0.5, 0.6) is 0 Å². The number of halogens is 1. The monoisotopic (exact) mass is 264 g/mol. The Labute approximate surface area is 116 Å². The third-order valence-corrected chi connectivity index (χ3v) is 3.84. The van der Waals surface area contributed by atoms with Crippen LogP contribution in [0.15, 0.2) is 18.2 Å². The van der Waals surface area contributed by atoms with Crippen LogP contribution in [0.3, 0.4) is 0 Å². The van der Waals surface area contributed by atoms with Gasteiger partial charge in [0.25, 0.3) is 0 Å². The number of hydrogen-bond acceptors (Lipinski definition) is 2. The Hall–Kier alpha value is -0.930. The molecule has 3 heteroatoms. The zero-order valence-electron chi connectivity index (χ0n) is 11.9. The summed E-state index contributed by atoms with van der Waals surface area (Å²) < 4.78 is 13.4. The summed E-state index contributed by atoms with van der Waals surface area (Å²) in [6.45, 7) is 7.29. The predicted octanol–water partition coefficient (Wildman–Crippen LogP) is 3.10. The molecule has 0 amide bonds. The minimum Gasteiger partial charge on any atom is -0.313 e. The number of nitrogens with zero attached hydrogens (tertiary/aromatic N) is 1. The van der Waals surface area contributed by atoms with Gasteiger partial charge in [-0.15, -0.1) is 0 Å². The lowest BCUT2D eigenvalue weighted by atomic mass is 10.1. The largest absolute Gasteiger partial charge is 0.313 e. The van der Waals surface area contributed by atoms with E-state index in [9.17, 15) is 4.39 Å².